The first-order valence-electron chi connectivity index (χ1n) is 4.92. The lowest BCUT2D eigenvalue weighted by Crippen LogP contribution is -2.34. The second-order valence-corrected chi connectivity index (χ2v) is 3.63. The van der Waals surface area contributed by atoms with Gasteiger partial charge in [0.2, 0.25) is 0 Å². The molecule has 0 bridgehead atoms. The Balaban J connectivity index is 3.52. The number of nitrogen functional groups attached to an aromatic ring is 1. The predicted octanol–water partition coefficient (Wildman–Crippen LogP) is 3.36. The van der Waals surface area contributed by atoms with Crippen LogP contribution in [0.2, 0.25) is 0 Å². The summed E-state index contributed by atoms with van der Waals surface area (Å²) in [5.41, 5.74) is 3.43. The van der Waals surface area contributed by atoms with E-state index in [4.69, 9.17) is 11.0 Å². The van der Waals surface area contributed by atoms with E-state index in [1.165, 1.54) is 6.07 Å². The Kier molecular flexibility index (Phi) is 3.51. The van der Waals surface area contributed by atoms with E-state index in [1.807, 2.05) is 0 Å². The van der Waals surface area contributed by atoms with Gasteiger partial charge in [-0.1, -0.05) is 6.92 Å². The maximum absolute atomic E-state index is 13.2. The summed E-state index contributed by atoms with van der Waals surface area (Å²) in [6.07, 6.45) is -5.43. The minimum Gasteiger partial charge on any atom is -0.398 e. The average Bonchev–Trinajstić information content (AvgIpc) is 2.27. The Hall–Kier alpha value is -1.84. The lowest BCUT2D eigenvalue weighted by Gasteiger charge is -2.21. The van der Waals surface area contributed by atoms with Gasteiger partial charge in [-0.05, 0) is 24.1 Å². The summed E-state index contributed by atoms with van der Waals surface area (Å²) >= 11 is 0. The van der Waals surface area contributed by atoms with Gasteiger partial charge in [-0.2, -0.15) is 27.2 Å². The van der Waals surface area contributed by atoms with E-state index >= 15 is 0 Å². The quantitative estimate of drug-likeness (QED) is 0.657. The van der Waals surface area contributed by atoms with Crippen molar-refractivity contribution in [2.24, 2.45) is 0 Å². The van der Waals surface area contributed by atoms with Crippen molar-refractivity contribution in [1.29, 1.82) is 5.26 Å². The molecule has 0 aliphatic carbocycles. The number of halogens is 5. The standard InChI is InChI=1S/C11H9F5N2/c1-2-6-3-7(5-17)8(4-9(6)18)10(12,13)11(14,15)16/h3-4H,2,18H2,1H3. The number of hydrogen-bond donors (Lipinski definition) is 1. The molecule has 0 aromatic heterocycles. The third-order valence-corrected chi connectivity index (χ3v) is 2.48. The van der Waals surface area contributed by atoms with Gasteiger partial charge in [0.15, 0.2) is 0 Å². The van der Waals surface area contributed by atoms with Gasteiger partial charge in [0.05, 0.1) is 17.2 Å². The van der Waals surface area contributed by atoms with Crippen LogP contribution in [0.5, 0.6) is 0 Å². The zero-order chi connectivity index (χ0) is 14.1. The second kappa shape index (κ2) is 4.44. The zero-order valence-corrected chi connectivity index (χ0v) is 9.28. The molecule has 0 saturated heterocycles. The monoisotopic (exact) mass is 264 g/mol. The molecule has 0 aliphatic rings. The fourth-order valence-corrected chi connectivity index (χ4v) is 1.47. The van der Waals surface area contributed by atoms with Crippen molar-refractivity contribution in [3.8, 4) is 6.07 Å². The molecule has 0 amide bonds. The summed E-state index contributed by atoms with van der Waals surface area (Å²) in [6.45, 7) is 1.65. The van der Waals surface area contributed by atoms with Crippen molar-refractivity contribution < 1.29 is 22.0 Å². The maximum Gasteiger partial charge on any atom is 0.458 e. The smallest absolute Gasteiger partial charge is 0.398 e. The van der Waals surface area contributed by atoms with E-state index in [0.717, 1.165) is 6.07 Å². The molecule has 0 spiro atoms. The van der Waals surface area contributed by atoms with Crippen LogP contribution < -0.4 is 5.73 Å². The first kappa shape index (κ1) is 14.2. The van der Waals surface area contributed by atoms with Crippen molar-refractivity contribution >= 4 is 5.69 Å². The molecule has 1 aromatic rings. The molecule has 1 rings (SSSR count). The van der Waals surface area contributed by atoms with E-state index in [9.17, 15) is 22.0 Å². The van der Waals surface area contributed by atoms with Gasteiger partial charge >= 0.3 is 12.1 Å². The molecular weight excluding hydrogens is 255 g/mol. The molecule has 7 heteroatoms. The van der Waals surface area contributed by atoms with Gasteiger partial charge in [0.1, 0.15) is 0 Å². The molecule has 0 heterocycles. The molecule has 0 fully saturated rings. The number of aryl methyl sites for hydroxylation is 1. The Bertz CT molecular complexity index is 499. The van der Waals surface area contributed by atoms with Gasteiger partial charge in [-0.25, -0.2) is 0 Å². The van der Waals surface area contributed by atoms with Gasteiger partial charge in [0.25, 0.3) is 0 Å². The molecule has 0 saturated carbocycles. The molecule has 2 nitrogen and oxygen atoms in total. The van der Waals surface area contributed by atoms with Crippen LogP contribution in [-0.2, 0) is 12.3 Å². The molecule has 0 radical (unpaired) electrons. The Labute approximate surface area is 99.8 Å². The Morgan fingerprint density at radius 3 is 2.17 bits per heavy atom. The number of benzene rings is 1. The summed E-state index contributed by atoms with van der Waals surface area (Å²) in [6, 6.07) is 2.82. The highest BCUT2D eigenvalue weighted by molar-refractivity contribution is 5.56. The SMILES string of the molecule is CCc1cc(C#N)c(C(F)(F)C(F)(F)F)cc1N. The number of nitriles is 1. The minimum atomic E-state index is -5.77. The van der Waals surface area contributed by atoms with Gasteiger partial charge < -0.3 is 5.73 Å². The average molecular weight is 264 g/mol. The van der Waals surface area contributed by atoms with Crippen molar-refractivity contribution in [3.63, 3.8) is 0 Å². The summed E-state index contributed by atoms with van der Waals surface area (Å²) < 4.78 is 63.1. The molecule has 0 atom stereocenters. The highest BCUT2D eigenvalue weighted by Gasteiger charge is 2.59. The molecule has 0 aliphatic heterocycles. The topological polar surface area (TPSA) is 49.8 Å². The highest BCUT2D eigenvalue weighted by Crippen LogP contribution is 2.45. The van der Waals surface area contributed by atoms with E-state index < -0.39 is 23.2 Å². The van der Waals surface area contributed by atoms with Crippen LogP contribution in [0.25, 0.3) is 0 Å². The molecule has 2 N–H and O–H groups in total. The Morgan fingerprint density at radius 2 is 1.78 bits per heavy atom. The van der Waals surface area contributed by atoms with Crippen LogP contribution >= 0.6 is 0 Å². The van der Waals surface area contributed by atoms with Crippen molar-refractivity contribution in [1.82, 2.24) is 0 Å². The second-order valence-electron chi connectivity index (χ2n) is 3.63. The number of alkyl halides is 5. The maximum atomic E-state index is 13.2. The van der Waals surface area contributed by atoms with Crippen molar-refractivity contribution in [2.45, 2.75) is 25.4 Å². The first-order chi connectivity index (χ1) is 8.15. The van der Waals surface area contributed by atoms with Crippen LogP contribution in [0.1, 0.15) is 23.6 Å². The number of anilines is 1. The third kappa shape index (κ3) is 2.23. The van der Waals surface area contributed by atoms with Gasteiger partial charge in [0, 0.05) is 5.69 Å². The van der Waals surface area contributed by atoms with E-state index in [2.05, 4.69) is 0 Å². The fraction of sp³-hybridized carbons (Fsp3) is 0.364. The van der Waals surface area contributed by atoms with Crippen molar-refractivity contribution in [3.05, 3.63) is 28.8 Å². The van der Waals surface area contributed by atoms with Crippen LogP contribution in [0.4, 0.5) is 27.6 Å². The van der Waals surface area contributed by atoms with E-state index in [0.29, 0.717) is 18.1 Å². The number of nitrogens with two attached hydrogens (primary N) is 1. The lowest BCUT2D eigenvalue weighted by atomic mass is 9.97. The summed E-state index contributed by atoms with van der Waals surface area (Å²) in [5.74, 6) is -5.10. The number of rotatable bonds is 2. The van der Waals surface area contributed by atoms with Crippen LogP contribution in [0.3, 0.4) is 0 Å². The predicted molar refractivity (Wildman–Crippen MR) is 54.9 cm³/mol. The normalized spacial score (nSPS) is 12.3. The van der Waals surface area contributed by atoms with Gasteiger partial charge in [-0.3, -0.25) is 0 Å². The third-order valence-electron chi connectivity index (χ3n) is 2.48. The lowest BCUT2D eigenvalue weighted by molar-refractivity contribution is -0.289. The molecule has 18 heavy (non-hydrogen) atoms. The number of hydrogen-bond acceptors (Lipinski definition) is 2. The van der Waals surface area contributed by atoms with Crippen LogP contribution in [-0.4, -0.2) is 6.18 Å². The Morgan fingerprint density at radius 1 is 1.22 bits per heavy atom. The molecule has 98 valence electrons. The highest BCUT2D eigenvalue weighted by atomic mass is 19.4. The van der Waals surface area contributed by atoms with E-state index in [1.54, 1.807) is 6.92 Å². The molecule has 1 aromatic carbocycles. The minimum absolute atomic E-state index is 0.185. The summed E-state index contributed by atoms with van der Waals surface area (Å²) in [4.78, 5) is 0. The van der Waals surface area contributed by atoms with Crippen LogP contribution in [0, 0.1) is 11.3 Å². The zero-order valence-electron chi connectivity index (χ0n) is 9.28. The summed E-state index contributed by atoms with van der Waals surface area (Å²) in [7, 11) is 0. The largest absolute Gasteiger partial charge is 0.458 e. The molecule has 0 unspecified atom stereocenters. The fourth-order valence-electron chi connectivity index (χ4n) is 1.47. The van der Waals surface area contributed by atoms with Crippen molar-refractivity contribution in [2.75, 3.05) is 5.73 Å². The van der Waals surface area contributed by atoms with Crippen LogP contribution in [0.15, 0.2) is 12.1 Å². The van der Waals surface area contributed by atoms with Gasteiger partial charge in [-0.15, -0.1) is 0 Å². The summed E-state index contributed by atoms with van der Waals surface area (Å²) in [5, 5.41) is 8.67. The first-order valence-corrected chi connectivity index (χ1v) is 4.92. The molecular formula is C11H9F5N2. The van der Waals surface area contributed by atoms with E-state index in [-0.39, 0.29) is 5.69 Å². The number of nitrogens with zero attached hydrogens (tertiary/aromatic N) is 1.